The van der Waals surface area contributed by atoms with Crippen molar-refractivity contribution in [2.45, 2.75) is 0 Å². The quantitative estimate of drug-likeness (QED) is 0.850. The van der Waals surface area contributed by atoms with Gasteiger partial charge in [0.15, 0.2) is 0 Å². The third-order valence-electron chi connectivity index (χ3n) is 3.62. The number of hydrogen-bond acceptors (Lipinski definition) is 3. The van der Waals surface area contributed by atoms with Crippen molar-refractivity contribution in [2.24, 2.45) is 10.7 Å². The fourth-order valence-corrected chi connectivity index (χ4v) is 2.45. The smallest absolute Gasteiger partial charge is 0.248 e. The molecule has 3 rings (SSSR count). The number of nitrogens with two attached hydrogens (primary N) is 1. The molecule has 0 aromatic heterocycles. The highest BCUT2D eigenvalue weighted by Gasteiger charge is 2.19. The highest BCUT2D eigenvalue weighted by molar-refractivity contribution is 6.21. The van der Waals surface area contributed by atoms with Gasteiger partial charge in [-0.05, 0) is 11.6 Å². The minimum absolute atomic E-state index is 0.0466. The molecule has 0 bridgehead atoms. The van der Waals surface area contributed by atoms with E-state index in [4.69, 9.17) is 5.73 Å². The number of carbonyl (C=O) groups excluding carboxylic acids is 2. The van der Waals surface area contributed by atoms with Crippen molar-refractivity contribution in [2.75, 3.05) is 11.9 Å². The van der Waals surface area contributed by atoms with Crippen molar-refractivity contribution >= 4 is 28.8 Å². The highest BCUT2D eigenvalue weighted by atomic mass is 16.2. The summed E-state index contributed by atoms with van der Waals surface area (Å²) < 4.78 is 0. The van der Waals surface area contributed by atoms with E-state index in [-0.39, 0.29) is 18.0 Å². The fraction of sp³-hybridized carbons (Fsp3) is 0.0556. The topological polar surface area (TPSA) is 84.5 Å². The number of nitrogens with zero attached hydrogens (tertiary/aromatic N) is 1. The molecule has 0 atom stereocenters. The molecular weight excluding hydrogens is 290 g/mol. The minimum atomic E-state index is -0.596. The number of nitrogens with one attached hydrogen (secondary N) is 1. The minimum Gasteiger partial charge on any atom is -0.366 e. The molecule has 0 radical (unpaired) electrons. The fourth-order valence-electron chi connectivity index (χ4n) is 2.45. The Morgan fingerprint density at radius 2 is 1.91 bits per heavy atom. The van der Waals surface area contributed by atoms with Gasteiger partial charge in [0.1, 0.15) is 6.54 Å². The molecule has 2 amide bonds. The third-order valence-corrected chi connectivity index (χ3v) is 3.62. The van der Waals surface area contributed by atoms with Crippen LogP contribution in [0.25, 0.3) is 5.57 Å². The largest absolute Gasteiger partial charge is 0.366 e. The van der Waals surface area contributed by atoms with Crippen LogP contribution in [0.4, 0.5) is 5.69 Å². The first kappa shape index (κ1) is 14.7. The van der Waals surface area contributed by atoms with E-state index in [2.05, 4.69) is 16.9 Å². The molecule has 0 spiro atoms. The first-order chi connectivity index (χ1) is 11.1. The average molecular weight is 305 g/mol. The summed E-state index contributed by atoms with van der Waals surface area (Å²) in [5.74, 6) is -0.805. The van der Waals surface area contributed by atoms with Crippen LogP contribution >= 0.6 is 0 Å². The third kappa shape index (κ3) is 2.89. The van der Waals surface area contributed by atoms with Gasteiger partial charge in [-0.25, -0.2) is 0 Å². The number of aliphatic imine (C=N–C) groups is 1. The first-order valence-electron chi connectivity index (χ1n) is 7.09. The molecule has 1 aliphatic rings. The molecule has 0 aliphatic carbocycles. The van der Waals surface area contributed by atoms with Crippen LogP contribution in [0.2, 0.25) is 0 Å². The van der Waals surface area contributed by atoms with E-state index in [9.17, 15) is 9.59 Å². The van der Waals surface area contributed by atoms with E-state index < -0.39 is 5.91 Å². The van der Waals surface area contributed by atoms with Gasteiger partial charge >= 0.3 is 0 Å². The maximum atomic E-state index is 11.9. The van der Waals surface area contributed by atoms with E-state index >= 15 is 0 Å². The molecule has 3 N–H and O–H groups in total. The summed E-state index contributed by atoms with van der Waals surface area (Å²) in [7, 11) is 0. The Kier molecular flexibility index (Phi) is 3.76. The van der Waals surface area contributed by atoms with Crippen molar-refractivity contribution in [1.29, 1.82) is 0 Å². The van der Waals surface area contributed by atoms with Crippen LogP contribution in [-0.2, 0) is 9.59 Å². The second kappa shape index (κ2) is 5.88. The lowest BCUT2D eigenvalue weighted by molar-refractivity contribution is -0.115. The zero-order chi connectivity index (χ0) is 16.4. The van der Waals surface area contributed by atoms with E-state index in [0.29, 0.717) is 11.3 Å². The van der Waals surface area contributed by atoms with Gasteiger partial charge < -0.3 is 11.1 Å². The van der Waals surface area contributed by atoms with Crippen LogP contribution in [0.3, 0.4) is 0 Å². The van der Waals surface area contributed by atoms with Crippen molar-refractivity contribution in [1.82, 2.24) is 0 Å². The number of fused-ring (bicyclic) bond motifs is 1. The van der Waals surface area contributed by atoms with Crippen molar-refractivity contribution in [3.63, 3.8) is 0 Å². The standard InChI is InChI=1S/C18H15N3O2/c1-11(18(19)23)13-7-8-14-15(9-13)21-16(22)10-20-17(14)12-5-3-2-4-6-12/h2-9H,1,10H2,(H2,19,23)(H,21,22). The highest BCUT2D eigenvalue weighted by Crippen LogP contribution is 2.26. The van der Waals surface area contributed by atoms with Gasteiger partial charge in [0.05, 0.1) is 11.4 Å². The lowest BCUT2D eigenvalue weighted by atomic mass is 9.97. The molecule has 0 unspecified atom stereocenters. The Balaban J connectivity index is 2.13. The number of benzodiazepines with no additional fused rings is 1. The van der Waals surface area contributed by atoms with Gasteiger partial charge in [-0.2, -0.15) is 0 Å². The first-order valence-corrected chi connectivity index (χ1v) is 7.09. The maximum absolute atomic E-state index is 11.9. The maximum Gasteiger partial charge on any atom is 0.248 e. The van der Waals surface area contributed by atoms with Crippen LogP contribution in [0.5, 0.6) is 0 Å². The molecule has 0 saturated carbocycles. The van der Waals surface area contributed by atoms with Crippen molar-refractivity contribution < 1.29 is 9.59 Å². The zero-order valence-electron chi connectivity index (χ0n) is 12.4. The predicted molar refractivity (Wildman–Crippen MR) is 90.2 cm³/mol. The molecule has 2 aromatic rings. The lowest BCUT2D eigenvalue weighted by Gasteiger charge is -2.12. The molecular formula is C18H15N3O2. The Morgan fingerprint density at radius 3 is 2.61 bits per heavy atom. The molecule has 114 valence electrons. The van der Waals surface area contributed by atoms with Gasteiger partial charge in [0, 0.05) is 16.7 Å². The predicted octanol–water partition coefficient (Wildman–Crippen LogP) is 1.97. The SMILES string of the molecule is C=C(C(N)=O)c1ccc2c(c1)NC(=O)CN=C2c1ccccc1. The number of rotatable bonds is 3. The summed E-state index contributed by atoms with van der Waals surface area (Å²) in [6, 6.07) is 14.9. The van der Waals surface area contributed by atoms with Crippen LogP contribution in [0.15, 0.2) is 60.1 Å². The van der Waals surface area contributed by atoms with Gasteiger partial charge in [-0.1, -0.05) is 49.0 Å². The number of benzene rings is 2. The number of amides is 2. The number of anilines is 1. The van der Waals surface area contributed by atoms with Crippen LogP contribution in [0, 0.1) is 0 Å². The summed E-state index contributed by atoms with van der Waals surface area (Å²) >= 11 is 0. The number of primary amides is 1. The van der Waals surface area contributed by atoms with Crippen LogP contribution < -0.4 is 11.1 Å². The summed E-state index contributed by atoms with van der Waals surface area (Å²) in [6.45, 7) is 3.72. The molecule has 0 saturated heterocycles. The van der Waals surface area contributed by atoms with E-state index in [1.807, 2.05) is 36.4 Å². The number of carbonyl (C=O) groups is 2. The molecule has 5 nitrogen and oxygen atoms in total. The molecule has 2 aromatic carbocycles. The van der Waals surface area contributed by atoms with E-state index in [0.717, 1.165) is 16.8 Å². The van der Waals surface area contributed by atoms with Gasteiger partial charge in [0.2, 0.25) is 11.8 Å². The van der Waals surface area contributed by atoms with Crippen molar-refractivity contribution in [3.8, 4) is 0 Å². The molecule has 1 heterocycles. The number of hydrogen-bond donors (Lipinski definition) is 2. The summed E-state index contributed by atoms with van der Waals surface area (Å²) in [5.41, 5.74) is 9.09. The van der Waals surface area contributed by atoms with Gasteiger partial charge in [0.25, 0.3) is 0 Å². The Labute approximate surface area is 133 Å². The van der Waals surface area contributed by atoms with Gasteiger partial charge in [-0.15, -0.1) is 0 Å². The molecule has 1 aliphatic heterocycles. The lowest BCUT2D eigenvalue weighted by Crippen LogP contribution is -2.15. The summed E-state index contributed by atoms with van der Waals surface area (Å²) in [4.78, 5) is 27.6. The zero-order valence-corrected chi connectivity index (χ0v) is 12.4. The normalized spacial score (nSPS) is 13.4. The van der Waals surface area contributed by atoms with Crippen LogP contribution in [0.1, 0.15) is 16.7 Å². The van der Waals surface area contributed by atoms with E-state index in [1.54, 1.807) is 12.1 Å². The van der Waals surface area contributed by atoms with E-state index in [1.165, 1.54) is 0 Å². The average Bonchev–Trinajstić information content (AvgIpc) is 2.72. The monoisotopic (exact) mass is 305 g/mol. The molecule has 23 heavy (non-hydrogen) atoms. The summed E-state index contributed by atoms with van der Waals surface area (Å²) in [5, 5.41) is 2.81. The van der Waals surface area contributed by atoms with Crippen molar-refractivity contribution in [3.05, 3.63) is 71.8 Å². The summed E-state index contributed by atoms with van der Waals surface area (Å²) in [6.07, 6.45) is 0. The molecule has 0 fully saturated rings. The van der Waals surface area contributed by atoms with Gasteiger partial charge in [-0.3, -0.25) is 14.6 Å². The van der Waals surface area contributed by atoms with Crippen LogP contribution in [-0.4, -0.2) is 24.1 Å². The molecule has 5 heteroatoms. The Hall–Kier alpha value is -3.21. The Morgan fingerprint density at radius 1 is 1.17 bits per heavy atom. The second-order valence-electron chi connectivity index (χ2n) is 5.18. The Bertz CT molecular complexity index is 839. The second-order valence-corrected chi connectivity index (χ2v) is 5.18.